The van der Waals surface area contributed by atoms with E-state index in [2.05, 4.69) is 20.8 Å². The Morgan fingerprint density at radius 2 is 1.55 bits per heavy atom. The minimum atomic E-state index is -0.0642. The van der Waals surface area contributed by atoms with Crippen molar-refractivity contribution >= 4 is 11.6 Å². The lowest BCUT2D eigenvalue weighted by Crippen LogP contribution is -2.53. The van der Waals surface area contributed by atoms with Crippen molar-refractivity contribution in [2.45, 2.75) is 112 Å². The molecule has 0 aromatic rings. The van der Waals surface area contributed by atoms with Crippen LogP contribution in [0.15, 0.2) is 11.1 Å². The minimum Gasteiger partial charge on any atom is -0.294 e. The fourth-order valence-corrected chi connectivity index (χ4v) is 9.63. The second kappa shape index (κ2) is 8.45. The molecule has 4 saturated carbocycles. The number of hydrogen-bond donors (Lipinski definition) is 0. The molecule has 4 fully saturated rings. The summed E-state index contributed by atoms with van der Waals surface area (Å²) in [5.74, 6) is 4.70. The molecule has 4 rings (SSSR count). The smallest absolute Gasteiger partial charge is 0.166 e. The summed E-state index contributed by atoms with van der Waals surface area (Å²) in [5.41, 5.74) is 2.32. The van der Waals surface area contributed by atoms with Gasteiger partial charge in [0.05, 0.1) is 5.57 Å². The van der Waals surface area contributed by atoms with Crippen molar-refractivity contribution in [2.75, 3.05) is 0 Å². The molecule has 0 radical (unpaired) electrons. The van der Waals surface area contributed by atoms with Crippen molar-refractivity contribution in [1.29, 1.82) is 0 Å². The molecule has 0 heterocycles. The van der Waals surface area contributed by atoms with Crippen molar-refractivity contribution in [3.05, 3.63) is 11.1 Å². The molecule has 0 aliphatic heterocycles. The lowest BCUT2D eigenvalue weighted by molar-refractivity contribution is -0.123. The third-order valence-corrected chi connectivity index (χ3v) is 11.0. The standard InChI is InChI=1S/C29H46O2/c1-18(2)27(20(4)30)26(31)17-19(3)23-12-13-24-22-11-10-21-9-7-8-15-28(21,5)25(22)14-16-29(23,24)6/h19,21-25H,7-17H2,1-6H3/t19-,21?,22+,23-,24+,25+,28+,29-/m1/s1. The first-order valence-electron chi connectivity index (χ1n) is 13.3. The molecule has 0 spiro atoms. The van der Waals surface area contributed by atoms with E-state index in [1.54, 1.807) is 6.92 Å². The van der Waals surface area contributed by atoms with E-state index in [4.69, 9.17) is 0 Å². The van der Waals surface area contributed by atoms with E-state index in [1.807, 2.05) is 13.8 Å². The zero-order valence-electron chi connectivity index (χ0n) is 21.1. The average Bonchev–Trinajstić information content (AvgIpc) is 3.04. The lowest BCUT2D eigenvalue weighted by Gasteiger charge is -2.61. The Kier molecular flexibility index (Phi) is 6.34. The molecule has 0 N–H and O–H groups in total. The molecule has 0 saturated heterocycles. The number of ketones is 2. The molecule has 0 amide bonds. The van der Waals surface area contributed by atoms with Gasteiger partial charge in [-0.05, 0) is 118 Å². The van der Waals surface area contributed by atoms with Crippen LogP contribution in [0.3, 0.4) is 0 Å². The third kappa shape index (κ3) is 3.78. The van der Waals surface area contributed by atoms with Gasteiger partial charge in [-0.3, -0.25) is 9.59 Å². The first kappa shape index (κ1) is 23.2. The molecule has 8 atom stereocenters. The quantitative estimate of drug-likeness (QED) is 0.258. The zero-order chi connectivity index (χ0) is 22.6. The van der Waals surface area contributed by atoms with E-state index < -0.39 is 0 Å². The first-order chi connectivity index (χ1) is 14.6. The van der Waals surface area contributed by atoms with Gasteiger partial charge in [0.15, 0.2) is 11.6 Å². The van der Waals surface area contributed by atoms with Crippen LogP contribution >= 0.6 is 0 Å². The van der Waals surface area contributed by atoms with E-state index in [0.717, 1.165) is 29.2 Å². The normalized spacial score (nSPS) is 42.7. The van der Waals surface area contributed by atoms with Crippen LogP contribution in [0.1, 0.15) is 112 Å². The molecule has 4 aliphatic carbocycles. The number of allylic oxidation sites excluding steroid dienone is 2. The van der Waals surface area contributed by atoms with Gasteiger partial charge in [-0.15, -0.1) is 0 Å². The second-order valence-corrected chi connectivity index (χ2v) is 12.7. The maximum Gasteiger partial charge on any atom is 0.166 e. The van der Waals surface area contributed by atoms with Crippen LogP contribution in [-0.2, 0) is 9.59 Å². The van der Waals surface area contributed by atoms with Crippen LogP contribution in [0, 0.1) is 46.3 Å². The Morgan fingerprint density at radius 1 is 0.839 bits per heavy atom. The molecule has 4 aliphatic rings. The summed E-state index contributed by atoms with van der Waals surface area (Å²) < 4.78 is 0. The lowest BCUT2D eigenvalue weighted by atomic mass is 9.44. The van der Waals surface area contributed by atoms with Gasteiger partial charge in [0.1, 0.15) is 0 Å². The summed E-state index contributed by atoms with van der Waals surface area (Å²) in [5, 5.41) is 0. The monoisotopic (exact) mass is 426 g/mol. The van der Waals surface area contributed by atoms with Crippen molar-refractivity contribution in [3.8, 4) is 0 Å². The topological polar surface area (TPSA) is 34.1 Å². The molecule has 1 unspecified atom stereocenters. The maximum absolute atomic E-state index is 13.0. The number of rotatable bonds is 5. The van der Waals surface area contributed by atoms with Crippen LogP contribution in [0.5, 0.6) is 0 Å². The highest BCUT2D eigenvalue weighted by Gasteiger charge is 2.60. The number of carbonyl (C=O) groups is 2. The summed E-state index contributed by atoms with van der Waals surface area (Å²) >= 11 is 0. The Morgan fingerprint density at radius 3 is 2.23 bits per heavy atom. The molecular weight excluding hydrogens is 380 g/mol. The van der Waals surface area contributed by atoms with Crippen LogP contribution in [0.4, 0.5) is 0 Å². The second-order valence-electron chi connectivity index (χ2n) is 12.7. The third-order valence-electron chi connectivity index (χ3n) is 11.0. The highest BCUT2D eigenvalue weighted by Crippen LogP contribution is 2.68. The van der Waals surface area contributed by atoms with Crippen molar-refractivity contribution < 1.29 is 9.59 Å². The van der Waals surface area contributed by atoms with Crippen LogP contribution in [0.2, 0.25) is 0 Å². The predicted octanol–water partition coefficient (Wildman–Crippen LogP) is 7.56. The molecule has 0 aromatic carbocycles. The van der Waals surface area contributed by atoms with Crippen LogP contribution in [0.25, 0.3) is 0 Å². The first-order valence-corrected chi connectivity index (χ1v) is 13.3. The number of carbonyl (C=O) groups excluding carboxylic acids is 2. The highest BCUT2D eigenvalue weighted by atomic mass is 16.1. The highest BCUT2D eigenvalue weighted by molar-refractivity contribution is 6.19. The van der Waals surface area contributed by atoms with E-state index in [0.29, 0.717) is 34.7 Å². The van der Waals surface area contributed by atoms with E-state index in [9.17, 15) is 9.59 Å². The molecule has 31 heavy (non-hydrogen) atoms. The van der Waals surface area contributed by atoms with E-state index in [1.165, 1.54) is 64.2 Å². The van der Waals surface area contributed by atoms with Gasteiger partial charge >= 0.3 is 0 Å². The van der Waals surface area contributed by atoms with E-state index in [-0.39, 0.29) is 11.6 Å². The minimum absolute atomic E-state index is 0.0642. The number of hydrogen-bond acceptors (Lipinski definition) is 2. The van der Waals surface area contributed by atoms with Gasteiger partial charge in [-0.2, -0.15) is 0 Å². The Bertz CT molecular complexity index is 759. The average molecular weight is 427 g/mol. The van der Waals surface area contributed by atoms with E-state index >= 15 is 0 Å². The SMILES string of the molecule is CC(=O)C(C(=O)C[C@@H](C)[C@H]1CC[C@H]2[C@@H]3CCC4CCCC[C@]4(C)[C@H]3CC[C@]12C)=C(C)C. The molecule has 2 nitrogen and oxygen atoms in total. The molecule has 174 valence electrons. The maximum atomic E-state index is 13.0. The number of Topliss-reactive ketones (excluding diaryl/α,β-unsaturated/α-hetero) is 2. The summed E-state index contributed by atoms with van der Waals surface area (Å²) in [6.45, 7) is 12.9. The Balaban J connectivity index is 1.50. The molecular formula is C29H46O2. The molecule has 0 aromatic heterocycles. The van der Waals surface area contributed by atoms with Crippen LogP contribution in [-0.4, -0.2) is 11.6 Å². The predicted molar refractivity (Wildman–Crippen MR) is 128 cm³/mol. The summed E-state index contributed by atoms with van der Waals surface area (Å²) in [4.78, 5) is 25.1. The fraction of sp³-hybridized carbons (Fsp3) is 0.862. The van der Waals surface area contributed by atoms with Gasteiger partial charge in [0.2, 0.25) is 0 Å². The molecule has 2 heteroatoms. The van der Waals surface area contributed by atoms with Gasteiger partial charge in [0.25, 0.3) is 0 Å². The largest absolute Gasteiger partial charge is 0.294 e. The Labute approximate surface area is 191 Å². The van der Waals surface area contributed by atoms with Crippen molar-refractivity contribution in [2.24, 2.45) is 46.3 Å². The summed E-state index contributed by atoms with van der Waals surface area (Å²) in [6.07, 6.45) is 14.7. The summed E-state index contributed by atoms with van der Waals surface area (Å²) in [6, 6.07) is 0. The van der Waals surface area contributed by atoms with Gasteiger partial charge < -0.3 is 0 Å². The number of fused-ring (bicyclic) bond motifs is 5. The van der Waals surface area contributed by atoms with Gasteiger partial charge in [-0.1, -0.05) is 39.2 Å². The summed E-state index contributed by atoms with van der Waals surface area (Å²) in [7, 11) is 0. The van der Waals surface area contributed by atoms with Crippen LogP contribution < -0.4 is 0 Å². The fourth-order valence-electron chi connectivity index (χ4n) is 9.63. The van der Waals surface area contributed by atoms with Crippen molar-refractivity contribution in [3.63, 3.8) is 0 Å². The van der Waals surface area contributed by atoms with Gasteiger partial charge in [-0.25, -0.2) is 0 Å². The Hall–Kier alpha value is -0.920. The molecule has 0 bridgehead atoms. The van der Waals surface area contributed by atoms with Crippen molar-refractivity contribution in [1.82, 2.24) is 0 Å². The van der Waals surface area contributed by atoms with Gasteiger partial charge in [0, 0.05) is 6.42 Å². The zero-order valence-corrected chi connectivity index (χ0v) is 21.1.